The summed E-state index contributed by atoms with van der Waals surface area (Å²) in [5.41, 5.74) is 0. The van der Waals surface area contributed by atoms with Crippen molar-refractivity contribution >= 4 is 0 Å². The number of fused-ring (bicyclic) bond motifs is 1. The highest BCUT2D eigenvalue weighted by Gasteiger charge is 2.43. The average Bonchev–Trinajstić information content (AvgIpc) is 2.68. The first kappa shape index (κ1) is 11.9. The Hall–Kier alpha value is -0.120. The van der Waals surface area contributed by atoms with E-state index in [1.165, 1.54) is 32.4 Å². The molecule has 0 radical (unpaired) electrons. The molecule has 3 nitrogen and oxygen atoms in total. The van der Waals surface area contributed by atoms with Crippen LogP contribution in [0, 0.1) is 17.8 Å². The summed E-state index contributed by atoms with van der Waals surface area (Å²) in [5, 5.41) is 0. The lowest BCUT2D eigenvalue weighted by Crippen LogP contribution is -2.47. The maximum absolute atomic E-state index is 6.07. The van der Waals surface area contributed by atoms with E-state index in [4.69, 9.17) is 4.74 Å². The fraction of sp³-hybridized carbons (Fsp3) is 1.00. The van der Waals surface area contributed by atoms with Gasteiger partial charge in [-0.2, -0.15) is 0 Å². The minimum absolute atomic E-state index is 0.507. The van der Waals surface area contributed by atoms with Crippen molar-refractivity contribution in [1.82, 2.24) is 9.80 Å². The molecule has 1 saturated carbocycles. The van der Waals surface area contributed by atoms with Crippen molar-refractivity contribution < 1.29 is 4.74 Å². The molecule has 2 saturated heterocycles. The fourth-order valence-corrected chi connectivity index (χ4v) is 4.27. The normalized spacial score (nSPS) is 44.8. The van der Waals surface area contributed by atoms with Crippen LogP contribution in [0.2, 0.25) is 0 Å². The van der Waals surface area contributed by atoms with E-state index in [1.54, 1.807) is 0 Å². The summed E-state index contributed by atoms with van der Waals surface area (Å²) in [6, 6.07) is 0. The molecule has 4 atom stereocenters. The van der Waals surface area contributed by atoms with Gasteiger partial charge in [-0.05, 0) is 44.7 Å². The lowest BCUT2D eigenvalue weighted by Gasteiger charge is -2.41. The molecule has 3 rings (SSSR count). The van der Waals surface area contributed by atoms with E-state index in [0.717, 1.165) is 37.5 Å². The van der Waals surface area contributed by atoms with E-state index in [9.17, 15) is 0 Å². The topological polar surface area (TPSA) is 15.7 Å². The summed E-state index contributed by atoms with van der Waals surface area (Å²) >= 11 is 0. The molecule has 0 aromatic rings. The molecule has 0 aromatic carbocycles. The molecule has 0 amide bonds. The number of morpholine rings is 1. The summed E-state index contributed by atoms with van der Waals surface area (Å²) in [5.74, 6) is 2.68. The SMILES string of the molecule is CN1CCOC(C2CCCC3CN(C)CC32)C1. The second kappa shape index (κ2) is 4.87. The first-order valence-corrected chi connectivity index (χ1v) is 7.22. The van der Waals surface area contributed by atoms with Crippen LogP contribution in [0.4, 0.5) is 0 Å². The molecule has 2 heterocycles. The second-order valence-corrected chi connectivity index (χ2v) is 6.41. The fourth-order valence-electron chi connectivity index (χ4n) is 4.27. The number of hydrogen-bond acceptors (Lipinski definition) is 3. The predicted octanol–water partition coefficient (Wildman–Crippen LogP) is 1.29. The maximum Gasteiger partial charge on any atom is 0.0733 e. The molecule has 2 aliphatic heterocycles. The van der Waals surface area contributed by atoms with Gasteiger partial charge in [0.05, 0.1) is 12.7 Å². The number of likely N-dealkylation sites (tertiary alicyclic amines) is 1. The number of likely N-dealkylation sites (N-methyl/N-ethyl adjacent to an activating group) is 1. The monoisotopic (exact) mass is 238 g/mol. The Morgan fingerprint density at radius 2 is 1.82 bits per heavy atom. The van der Waals surface area contributed by atoms with Gasteiger partial charge in [-0.1, -0.05) is 6.42 Å². The summed E-state index contributed by atoms with van der Waals surface area (Å²) in [6.45, 7) is 5.82. The summed E-state index contributed by atoms with van der Waals surface area (Å²) in [7, 11) is 4.51. The third kappa shape index (κ3) is 2.38. The van der Waals surface area contributed by atoms with Gasteiger partial charge in [0.25, 0.3) is 0 Å². The van der Waals surface area contributed by atoms with Crippen LogP contribution in [0.1, 0.15) is 19.3 Å². The molecule has 0 N–H and O–H groups in total. The van der Waals surface area contributed by atoms with Crippen LogP contribution in [0.15, 0.2) is 0 Å². The Kier molecular flexibility index (Phi) is 3.42. The van der Waals surface area contributed by atoms with Gasteiger partial charge in [0, 0.05) is 26.2 Å². The number of rotatable bonds is 1. The summed E-state index contributed by atoms with van der Waals surface area (Å²) < 4.78 is 6.07. The van der Waals surface area contributed by atoms with E-state index in [-0.39, 0.29) is 0 Å². The lowest BCUT2D eigenvalue weighted by molar-refractivity contribution is -0.0753. The molecule has 4 unspecified atom stereocenters. The Balaban J connectivity index is 1.68. The van der Waals surface area contributed by atoms with Crippen LogP contribution in [0.25, 0.3) is 0 Å². The Morgan fingerprint density at radius 3 is 2.65 bits per heavy atom. The molecular weight excluding hydrogens is 212 g/mol. The Labute approximate surface area is 105 Å². The van der Waals surface area contributed by atoms with Crippen LogP contribution in [0.5, 0.6) is 0 Å². The van der Waals surface area contributed by atoms with Gasteiger partial charge in [0.1, 0.15) is 0 Å². The zero-order chi connectivity index (χ0) is 11.8. The molecule has 3 heteroatoms. The minimum Gasteiger partial charge on any atom is -0.375 e. The average molecular weight is 238 g/mol. The zero-order valence-corrected chi connectivity index (χ0v) is 11.3. The van der Waals surface area contributed by atoms with Crippen LogP contribution in [-0.4, -0.2) is 62.8 Å². The van der Waals surface area contributed by atoms with E-state index in [0.29, 0.717) is 6.10 Å². The van der Waals surface area contributed by atoms with Crippen LogP contribution in [0.3, 0.4) is 0 Å². The van der Waals surface area contributed by atoms with Gasteiger partial charge >= 0.3 is 0 Å². The van der Waals surface area contributed by atoms with Crippen molar-refractivity contribution in [3.8, 4) is 0 Å². The predicted molar refractivity (Wildman–Crippen MR) is 69.1 cm³/mol. The van der Waals surface area contributed by atoms with Crippen LogP contribution < -0.4 is 0 Å². The van der Waals surface area contributed by atoms with Crippen molar-refractivity contribution in [3.63, 3.8) is 0 Å². The van der Waals surface area contributed by atoms with Crippen molar-refractivity contribution in [2.24, 2.45) is 17.8 Å². The van der Waals surface area contributed by atoms with Crippen molar-refractivity contribution in [2.45, 2.75) is 25.4 Å². The molecule has 98 valence electrons. The largest absolute Gasteiger partial charge is 0.375 e. The Morgan fingerprint density at radius 1 is 0.941 bits per heavy atom. The summed E-state index contributed by atoms with van der Waals surface area (Å²) in [4.78, 5) is 4.97. The third-order valence-electron chi connectivity index (χ3n) is 5.11. The standard InChI is InChI=1S/C14H26N2O/c1-15-6-7-17-14(10-15)12-5-3-4-11-8-16(2)9-13(11)12/h11-14H,3-10H2,1-2H3. The van der Waals surface area contributed by atoms with Crippen LogP contribution in [-0.2, 0) is 4.74 Å². The van der Waals surface area contributed by atoms with Crippen molar-refractivity contribution in [2.75, 3.05) is 46.9 Å². The molecular formula is C14H26N2O. The maximum atomic E-state index is 6.07. The van der Waals surface area contributed by atoms with E-state index in [1.807, 2.05) is 0 Å². The highest BCUT2D eigenvalue weighted by atomic mass is 16.5. The highest BCUT2D eigenvalue weighted by molar-refractivity contribution is 4.94. The van der Waals surface area contributed by atoms with Gasteiger partial charge in [0.2, 0.25) is 0 Å². The second-order valence-electron chi connectivity index (χ2n) is 6.41. The molecule has 0 aromatic heterocycles. The minimum atomic E-state index is 0.507. The molecule has 3 fully saturated rings. The highest BCUT2D eigenvalue weighted by Crippen LogP contribution is 2.42. The first-order valence-electron chi connectivity index (χ1n) is 7.22. The summed E-state index contributed by atoms with van der Waals surface area (Å²) in [6.07, 6.45) is 4.78. The van der Waals surface area contributed by atoms with E-state index >= 15 is 0 Å². The molecule has 1 aliphatic carbocycles. The van der Waals surface area contributed by atoms with Gasteiger partial charge in [-0.15, -0.1) is 0 Å². The smallest absolute Gasteiger partial charge is 0.0733 e. The van der Waals surface area contributed by atoms with E-state index < -0.39 is 0 Å². The number of ether oxygens (including phenoxy) is 1. The van der Waals surface area contributed by atoms with Gasteiger partial charge < -0.3 is 14.5 Å². The number of nitrogens with zero attached hydrogens (tertiary/aromatic N) is 2. The van der Waals surface area contributed by atoms with E-state index in [2.05, 4.69) is 23.9 Å². The van der Waals surface area contributed by atoms with Crippen molar-refractivity contribution in [3.05, 3.63) is 0 Å². The first-order chi connectivity index (χ1) is 8.24. The molecule has 0 bridgehead atoms. The number of hydrogen-bond donors (Lipinski definition) is 0. The molecule has 17 heavy (non-hydrogen) atoms. The molecule has 3 aliphatic rings. The van der Waals surface area contributed by atoms with Crippen LogP contribution >= 0.6 is 0 Å². The van der Waals surface area contributed by atoms with Gasteiger partial charge in [-0.25, -0.2) is 0 Å². The lowest BCUT2D eigenvalue weighted by atomic mass is 9.71. The van der Waals surface area contributed by atoms with Crippen molar-refractivity contribution in [1.29, 1.82) is 0 Å². The van der Waals surface area contributed by atoms with Gasteiger partial charge in [-0.3, -0.25) is 0 Å². The quantitative estimate of drug-likeness (QED) is 0.685. The Bertz CT molecular complexity index is 271. The zero-order valence-electron chi connectivity index (χ0n) is 11.3. The third-order valence-corrected chi connectivity index (χ3v) is 5.11. The molecule has 0 spiro atoms. The van der Waals surface area contributed by atoms with Gasteiger partial charge in [0.15, 0.2) is 0 Å².